The number of hydrogen-bond acceptors (Lipinski definition) is 6. The van der Waals surface area contributed by atoms with Crippen LogP contribution in [0.15, 0.2) is 288 Å². The molecule has 360 valence electrons. The molecule has 0 bridgehead atoms. The van der Waals surface area contributed by atoms with Gasteiger partial charge in [-0.3, -0.25) is 0 Å². The summed E-state index contributed by atoms with van der Waals surface area (Å²) in [6.45, 7) is 9.62. The van der Waals surface area contributed by atoms with Crippen molar-refractivity contribution < 1.29 is 0 Å². The van der Waals surface area contributed by atoms with Crippen LogP contribution in [-0.2, 0) is 0 Å². The van der Waals surface area contributed by atoms with Crippen LogP contribution in [0.1, 0.15) is 18.1 Å². The van der Waals surface area contributed by atoms with Crippen molar-refractivity contribution in [2.24, 2.45) is 0 Å². The molecule has 0 aliphatic carbocycles. The van der Waals surface area contributed by atoms with E-state index in [1.165, 1.54) is 82.2 Å². The molecule has 0 radical (unpaired) electrons. The average molecular weight is 1010 g/mol. The van der Waals surface area contributed by atoms with Crippen LogP contribution in [0.4, 0.5) is 56.9 Å². The number of para-hydroxylation sites is 6. The quantitative estimate of drug-likeness (QED) is 0.133. The van der Waals surface area contributed by atoms with E-state index >= 15 is 0 Å². The maximum atomic E-state index is 4.89. The van der Waals surface area contributed by atoms with Gasteiger partial charge in [0.1, 0.15) is 0 Å². The van der Waals surface area contributed by atoms with Crippen LogP contribution in [0.2, 0.25) is 0 Å². The fourth-order valence-corrected chi connectivity index (χ4v) is 14.9. The fraction of sp³-hybridized carbons (Fsp3) is 0.0294. The summed E-state index contributed by atoms with van der Waals surface area (Å²) in [6, 6.07) is 90.4. The number of hydrogen-bond donors (Lipinski definition) is 0. The van der Waals surface area contributed by atoms with Crippen LogP contribution < -0.4 is 36.0 Å². The highest BCUT2D eigenvalue weighted by Gasteiger charge is 2.47. The minimum atomic E-state index is -0.0191. The van der Waals surface area contributed by atoms with Crippen LogP contribution in [-0.4, -0.2) is 12.0 Å². The Morgan fingerprint density at radius 1 is 0.447 bits per heavy atom. The van der Waals surface area contributed by atoms with E-state index < -0.39 is 0 Å². The third-order valence-corrected chi connectivity index (χ3v) is 18.0. The van der Waals surface area contributed by atoms with Crippen molar-refractivity contribution >= 4 is 114 Å². The second-order valence-corrected chi connectivity index (χ2v) is 22.0. The normalized spacial score (nSPS) is 14.3. The Labute approximate surface area is 455 Å². The highest BCUT2D eigenvalue weighted by molar-refractivity contribution is 8.28. The Hall–Kier alpha value is -8.55. The zero-order chi connectivity index (χ0) is 50.9. The largest absolute Gasteiger partial charge is 0.315 e. The third kappa shape index (κ3) is 7.57. The van der Waals surface area contributed by atoms with Gasteiger partial charge >= 0.3 is 0 Å². The van der Waals surface area contributed by atoms with Gasteiger partial charge in [-0.1, -0.05) is 158 Å². The van der Waals surface area contributed by atoms with E-state index in [9.17, 15) is 0 Å². The smallest absolute Gasteiger partial charge is 0.285 e. The van der Waals surface area contributed by atoms with Crippen molar-refractivity contribution in [2.75, 3.05) is 19.6 Å². The summed E-state index contributed by atoms with van der Waals surface area (Å²) >= 11 is 3.97. The van der Waals surface area contributed by atoms with Gasteiger partial charge in [-0.2, -0.15) is 23.2 Å². The number of fused-ring (bicyclic) bond motifs is 8. The predicted octanol–water partition coefficient (Wildman–Crippen LogP) is 16.8. The van der Waals surface area contributed by atoms with Crippen molar-refractivity contribution in [3.05, 3.63) is 289 Å². The van der Waals surface area contributed by atoms with Gasteiger partial charge in [0.05, 0.1) is 0 Å². The van der Waals surface area contributed by atoms with Crippen molar-refractivity contribution in [2.45, 2.75) is 23.6 Å². The molecule has 4 aliphatic heterocycles. The lowest BCUT2D eigenvalue weighted by atomic mass is 9.50. The first kappa shape index (κ1) is 46.0. The van der Waals surface area contributed by atoms with E-state index in [1.54, 1.807) is 0 Å². The molecule has 10 aromatic carbocycles. The van der Waals surface area contributed by atoms with Gasteiger partial charge in [-0.25, -0.2) is 0 Å². The molecule has 0 unspecified atom stereocenters. The number of allylic oxidation sites excluding steroid dienone is 4. The summed E-state index contributed by atoms with van der Waals surface area (Å²) in [4.78, 5) is 12.4. The number of rotatable bonds is 9. The second kappa shape index (κ2) is 19.0. The molecule has 8 heteroatoms. The summed E-state index contributed by atoms with van der Waals surface area (Å²) in [7, 11) is 0. The molecule has 76 heavy (non-hydrogen) atoms. The molecule has 0 atom stereocenters. The monoisotopic (exact) mass is 1010 g/mol. The van der Waals surface area contributed by atoms with Gasteiger partial charge in [-0.15, -0.1) is 0 Å². The first-order chi connectivity index (χ1) is 37.5. The van der Waals surface area contributed by atoms with Crippen LogP contribution in [0, 0.1) is 6.92 Å². The van der Waals surface area contributed by atoms with Crippen LogP contribution in [0.5, 0.6) is 0 Å². The Kier molecular flexibility index (Phi) is 11.5. The average Bonchev–Trinajstić information content (AvgIpc) is 3.67. The highest BCUT2D eigenvalue weighted by Crippen LogP contribution is 2.54. The first-order valence-electron chi connectivity index (χ1n) is 26.0. The number of anilines is 10. The molecule has 4 aliphatic rings. The van der Waals surface area contributed by atoms with E-state index in [0.29, 0.717) is 0 Å². The molecular formula is C68H50B2N4S2. The Morgan fingerprint density at radius 2 is 0.895 bits per heavy atom. The molecule has 4 nitrogen and oxygen atoms in total. The van der Waals surface area contributed by atoms with Crippen LogP contribution >= 0.6 is 23.2 Å². The summed E-state index contributed by atoms with van der Waals surface area (Å²) < 4.78 is 0. The van der Waals surface area contributed by atoms with Crippen LogP contribution in [0.25, 0.3) is 16.7 Å². The first-order valence-corrected chi connectivity index (χ1v) is 27.8. The minimum absolute atomic E-state index is 0.0106. The number of nitrogens with zero attached hydrogens (tertiary/aromatic N) is 4. The molecule has 0 amide bonds. The summed E-state index contributed by atoms with van der Waals surface area (Å²) in [5.41, 5.74) is 24.9. The third-order valence-electron chi connectivity index (χ3n) is 15.3. The highest BCUT2D eigenvalue weighted by atomic mass is 32.2. The molecule has 10 aromatic rings. The lowest BCUT2D eigenvalue weighted by molar-refractivity contribution is 1.12. The maximum absolute atomic E-state index is 4.89. The fourth-order valence-electron chi connectivity index (χ4n) is 12.1. The maximum Gasteiger partial charge on any atom is 0.285 e. The molecule has 0 fully saturated rings. The summed E-state index contributed by atoms with van der Waals surface area (Å²) in [5, 5.41) is 0. The van der Waals surface area contributed by atoms with Gasteiger partial charge < -0.3 is 19.6 Å². The lowest BCUT2D eigenvalue weighted by Crippen LogP contribution is -2.54. The van der Waals surface area contributed by atoms with Crippen molar-refractivity contribution in [3.63, 3.8) is 0 Å². The van der Waals surface area contributed by atoms with Crippen LogP contribution in [0.3, 0.4) is 0 Å². The summed E-state index contributed by atoms with van der Waals surface area (Å²) in [5.74, 6) is -0.00850. The predicted molar refractivity (Wildman–Crippen MR) is 328 cm³/mol. The lowest BCUT2D eigenvalue weighted by Gasteiger charge is -2.46. The van der Waals surface area contributed by atoms with Gasteiger partial charge in [-0.05, 0) is 167 Å². The van der Waals surface area contributed by atoms with Gasteiger partial charge in [0.25, 0.3) is 12.0 Å². The topological polar surface area (TPSA) is 13.0 Å². The van der Waals surface area contributed by atoms with Crippen molar-refractivity contribution in [1.82, 2.24) is 0 Å². The van der Waals surface area contributed by atoms with E-state index in [-0.39, 0.29) is 12.0 Å². The Morgan fingerprint density at radius 3 is 1.47 bits per heavy atom. The molecule has 4 heterocycles. The second-order valence-electron chi connectivity index (χ2n) is 19.7. The standard InChI is InChI=1S/C68H50B2N4S2/c1-46(71(49-26-10-4-11-27-49)50-28-12-5-13-29-50)42-58-56-38-22-24-40-63(56)75-69-60-45-61-68(47(2)67(60)72(48(3)65(58)69)51-30-14-6-15-31-51)74(54-36-20-9-21-37-54)62-44-55(43-59-57-39-23-25-41-64(57)76-70(61)66(59)62)73(52-32-16-7-17-33-52)53-34-18-8-19-35-53/h4-45H,1H2,2-3H3/b58-42-. The van der Waals surface area contributed by atoms with Gasteiger partial charge in [0.2, 0.25) is 0 Å². The number of benzene rings is 10. The van der Waals surface area contributed by atoms with Crippen molar-refractivity contribution in [1.29, 1.82) is 0 Å². The summed E-state index contributed by atoms with van der Waals surface area (Å²) in [6.07, 6.45) is 2.35. The molecular weight excluding hydrogens is 959 g/mol. The van der Waals surface area contributed by atoms with E-state index in [0.717, 1.165) is 45.5 Å². The molecule has 0 aromatic heterocycles. The molecule has 0 saturated heterocycles. The Balaban J connectivity index is 1.03. The van der Waals surface area contributed by atoms with E-state index in [1.807, 2.05) is 23.2 Å². The van der Waals surface area contributed by atoms with Gasteiger partial charge in [0.15, 0.2) is 0 Å². The molecule has 0 saturated carbocycles. The van der Waals surface area contributed by atoms with Gasteiger partial charge in [0, 0.05) is 78.1 Å². The molecule has 14 rings (SSSR count). The molecule has 0 spiro atoms. The molecule has 0 N–H and O–H groups in total. The Bertz CT molecular complexity index is 3870. The van der Waals surface area contributed by atoms with Crippen molar-refractivity contribution in [3.8, 4) is 11.1 Å². The van der Waals surface area contributed by atoms with E-state index in [2.05, 4.69) is 288 Å². The minimum Gasteiger partial charge on any atom is -0.315 e. The SMILES string of the molecule is C=C(/C=C1\C2=C(C)N(c3ccccc3)c3c(cc4c(c3C)N(c3ccccc3)c3cc(N(c5ccccc5)c5ccccc5)cc5c3B4Sc3ccccc3-5)B2Sc2ccccc21)N(c1ccccc1)c1ccccc1. The van der Waals surface area contributed by atoms with E-state index in [4.69, 9.17) is 6.58 Å². The zero-order valence-corrected chi connectivity index (χ0v) is 43.8. The zero-order valence-electron chi connectivity index (χ0n) is 42.2.